The van der Waals surface area contributed by atoms with E-state index in [0.717, 1.165) is 22.5 Å². The fraction of sp³-hybridized carbons (Fsp3) is 0.312. The lowest BCUT2D eigenvalue weighted by Gasteiger charge is -2.15. The Labute approximate surface area is 119 Å². The summed E-state index contributed by atoms with van der Waals surface area (Å²) in [6, 6.07) is 5.94. The van der Waals surface area contributed by atoms with Gasteiger partial charge in [-0.25, -0.2) is 4.99 Å². The second-order valence-corrected chi connectivity index (χ2v) is 5.27. The molecule has 0 aromatic heterocycles. The molecule has 4 heteroatoms. The molecule has 0 amide bonds. The number of hydrogen-bond acceptors (Lipinski definition) is 4. The van der Waals surface area contributed by atoms with Gasteiger partial charge in [0.05, 0.1) is 11.4 Å². The molecular weight excluding hydrogens is 250 g/mol. The van der Waals surface area contributed by atoms with Crippen molar-refractivity contribution in [1.29, 1.82) is 5.41 Å². The van der Waals surface area contributed by atoms with E-state index in [1.54, 1.807) is 6.92 Å². The molecule has 20 heavy (non-hydrogen) atoms. The lowest BCUT2D eigenvalue weighted by atomic mass is 9.95. The molecule has 0 saturated carbocycles. The van der Waals surface area contributed by atoms with Crippen molar-refractivity contribution in [3.8, 4) is 0 Å². The molecule has 104 valence electrons. The van der Waals surface area contributed by atoms with Gasteiger partial charge in [-0.1, -0.05) is 0 Å². The summed E-state index contributed by atoms with van der Waals surface area (Å²) in [7, 11) is 3.97. The molecular formula is C16H19N3O. The molecule has 0 unspecified atom stereocenters. The van der Waals surface area contributed by atoms with Gasteiger partial charge in [-0.3, -0.25) is 4.79 Å². The van der Waals surface area contributed by atoms with E-state index in [2.05, 4.69) is 4.99 Å². The van der Waals surface area contributed by atoms with Gasteiger partial charge in [-0.2, -0.15) is 0 Å². The Morgan fingerprint density at radius 2 is 1.95 bits per heavy atom. The number of hydrogen-bond donors (Lipinski definition) is 1. The fourth-order valence-electron chi connectivity index (χ4n) is 2.04. The third kappa shape index (κ3) is 2.85. The predicted octanol–water partition coefficient (Wildman–Crippen LogP) is 3.07. The number of nitrogens with one attached hydrogen (secondary N) is 1. The minimum absolute atomic E-state index is 0.0883. The van der Waals surface area contributed by atoms with Gasteiger partial charge < -0.3 is 10.3 Å². The van der Waals surface area contributed by atoms with Crippen LogP contribution < -0.4 is 4.90 Å². The number of carbonyl (C=O) groups is 1. The summed E-state index contributed by atoms with van der Waals surface area (Å²) in [5.74, 6) is -0.0883. The Bertz CT molecular complexity index is 639. The number of rotatable bonds is 2. The van der Waals surface area contributed by atoms with Gasteiger partial charge in [0.25, 0.3) is 0 Å². The van der Waals surface area contributed by atoms with Gasteiger partial charge in [0.1, 0.15) is 0 Å². The van der Waals surface area contributed by atoms with Gasteiger partial charge in [0.15, 0.2) is 0 Å². The van der Waals surface area contributed by atoms with Crippen molar-refractivity contribution in [2.75, 3.05) is 19.0 Å². The third-order valence-electron chi connectivity index (χ3n) is 3.40. The van der Waals surface area contributed by atoms with Crippen molar-refractivity contribution in [2.45, 2.75) is 20.3 Å². The smallest absolute Gasteiger partial charge is 0.200 e. The first kappa shape index (κ1) is 14.2. The van der Waals surface area contributed by atoms with Crippen LogP contribution in [0.25, 0.3) is 0 Å². The number of anilines is 1. The van der Waals surface area contributed by atoms with Gasteiger partial charge in [-0.15, -0.1) is 0 Å². The molecule has 0 aliphatic heterocycles. The molecule has 0 fully saturated rings. The highest BCUT2D eigenvalue weighted by Gasteiger charge is 2.19. The zero-order valence-electron chi connectivity index (χ0n) is 12.3. The summed E-state index contributed by atoms with van der Waals surface area (Å²) < 4.78 is 0. The minimum atomic E-state index is -0.0883. The van der Waals surface area contributed by atoms with Crippen LogP contribution in [0.5, 0.6) is 0 Å². The second kappa shape index (κ2) is 5.41. The maximum atomic E-state index is 11.9. The summed E-state index contributed by atoms with van der Waals surface area (Å²) in [5, 5.41) is 7.82. The summed E-state index contributed by atoms with van der Waals surface area (Å²) >= 11 is 0. The molecule has 4 nitrogen and oxygen atoms in total. The number of carbonyl (C=O) groups excluding carboxylic acids is 1. The molecule has 1 aromatic rings. The average Bonchev–Trinajstić information content (AvgIpc) is 2.37. The maximum absolute atomic E-state index is 11.9. The van der Waals surface area contributed by atoms with Crippen LogP contribution in [-0.4, -0.2) is 31.3 Å². The van der Waals surface area contributed by atoms with Gasteiger partial charge in [0, 0.05) is 31.9 Å². The van der Waals surface area contributed by atoms with Crippen molar-refractivity contribution in [3.63, 3.8) is 0 Å². The Morgan fingerprint density at radius 1 is 1.25 bits per heavy atom. The van der Waals surface area contributed by atoms with Crippen LogP contribution in [0.3, 0.4) is 0 Å². The van der Waals surface area contributed by atoms with Crippen LogP contribution in [0.4, 0.5) is 11.4 Å². The van der Waals surface area contributed by atoms with E-state index in [4.69, 9.17) is 5.41 Å². The molecule has 1 aliphatic carbocycles. The highest BCUT2D eigenvalue weighted by atomic mass is 16.1. The number of aryl methyl sites for hydroxylation is 1. The Morgan fingerprint density at radius 3 is 2.55 bits per heavy atom. The van der Waals surface area contributed by atoms with Gasteiger partial charge in [0.2, 0.25) is 5.78 Å². The van der Waals surface area contributed by atoms with E-state index in [1.165, 1.54) is 6.08 Å². The number of allylic oxidation sites excluding steroid dienone is 2. The molecule has 0 bridgehead atoms. The molecule has 0 saturated heterocycles. The van der Waals surface area contributed by atoms with Gasteiger partial charge in [-0.05, 0) is 49.3 Å². The van der Waals surface area contributed by atoms with E-state index in [0.29, 0.717) is 17.8 Å². The number of ketones is 1. The first-order valence-electron chi connectivity index (χ1n) is 6.54. The van der Waals surface area contributed by atoms with Crippen LogP contribution >= 0.6 is 0 Å². The van der Waals surface area contributed by atoms with Crippen molar-refractivity contribution in [3.05, 3.63) is 35.4 Å². The Hall–Kier alpha value is -2.23. The van der Waals surface area contributed by atoms with Crippen molar-refractivity contribution in [1.82, 2.24) is 0 Å². The molecule has 0 atom stereocenters. The predicted molar refractivity (Wildman–Crippen MR) is 83.7 cm³/mol. The first-order valence-corrected chi connectivity index (χ1v) is 6.54. The third-order valence-corrected chi connectivity index (χ3v) is 3.40. The average molecular weight is 269 g/mol. The van der Waals surface area contributed by atoms with Crippen molar-refractivity contribution < 1.29 is 4.79 Å². The number of aliphatic imine (C=N–C) groups is 1. The van der Waals surface area contributed by atoms with Crippen molar-refractivity contribution in [2.24, 2.45) is 4.99 Å². The highest BCUT2D eigenvalue weighted by Crippen LogP contribution is 2.25. The summed E-state index contributed by atoms with van der Waals surface area (Å²) in [6.07, 6.45) is 1.81. The summed E-state index contributed by atoms with van der Waals surface area (Å²) in [4.78, 5) is 18.4. The van der Waals surface area contributed by atoms with Crippen LogP contribution in [0.1, 0.15) is 18.9 Å². The minimum Gasteiger partial charge on any atom is -0.378 e. The van der Waals surface area contributed by atoms with E-state index in [9.17, 15) is 4.79 Å². The largest absolute Gasteiger partial charge is 0.378 e. The topological polar surface area (TPSA) is 56.5 Å². The Kier molecular flexibility index (Phi) is 3.84. The normalized spacial score (nSPS) is 17.4. The van der Waals surface area contributed by atoms with Gasteiger partial charge >= 0.3 is 0 Å². The highest BCUT2D eigenvalue weighted by molar-refractivity contribution is 6.50. The number of benzene rings is 1. The molecule has 1 N–H and O–H groups in total. The molecule has 0 heterocycles. The SMILES string of the molecule is CC1=CC(=O)C(=Nc2ccc(N(C)C)cc2C)CC1=N. The monoisotopic (exact) mass is 269 g/mol. The van der Waals surface area contributed by atoms with Crippen LogP contribution in [0.15, 0.2) is 34.8 Å². The second-order valence-electron chi connectivity index (χ2n) is 5.27. The molecule has 1 aromatic carbocycles. The quantitative estimate of drug-likeness (QED) is 0.897. The fourth-order valence-corrected chi connectivity index (χ4v) is 2.04. The molecule has 0 radical (unpaired) electrons. The number of nitrogens with zero attached hydrogens (tertiary/aromatic N) is 2. The summed E-state index contributed by atoms with van der Waals surface area (Å²) in [5.41, 5.74) is 4.56. The lowest BCUT2D eigenvalue weighted by Crippen LogP contribution is -2.22. The van der Waals surface area contributed by atoms with E-state index in [1.807, 2.05) is 44.1 Å². The van der Waals surface area contributed by atoms with E-state index < -0.39 is 0 Å². The molecule has 2 rings (SSSR count). The summed E-state index contributed by atoms with van der Waals surface area (Å²) in [6.45, 7) is 3.76. The van der Waals surface area contributed by atoms with Crippen molar-refractivity contribution >= 4 is 28.6 Å². The Balaban J connectivity index is 2.37. The standard InChI is InChI=1S/C16H19N3O/c1-10-8-16(20)15(9-13(10)17)18-14-6-5-12(19(3)4)7-11(14)2/h5-8,17H,9H2,1-4H3. The zero-order valence-corrected chi connectivity index (χ0v) is 12.3. The maximum Gasteiger partial charge on any atom is 0.200 e. The van der Waals surface area contributed by atoms with Crippen LogP contribution in [0, 0.1) is 12.3 Å². The first-order chi connectivity index (χ1) is 9.38. The van der Waals surface area contributed by atoms with E-state index in [-0.39, 0.29) is 5.78 Å². The molecule has 0 spiro atoms. The molecule has 1 aliphatic rings. The van der Waals surface area contributed by atoms with E-state index >= 15 is 0 Å². The lowest BCUT2D eigenvalue weighted by molar-refractivity contribution is -0.109. The van der Waals surface area contributed by atoms with Crippen LogP contribution in [0.2, 0.25) is 0 Å². The van der Waals surface area contributed by atoms with Crippen LogP contribution in [-0.2, 0) is 4.79 Å². The zero-order chi connectivity index (χ0) is 14.9.